The van der Waals surface area contributed by atoms with Crippen LogP contribution in [0.15, 0.2) is 35.6 Å². The average Bonchev–Trinajstić information content (AvgIpc) is 2.23. The van der Waals surface area contributed by atoms with Crippen LogP contribution in [0.25, 0.3) is 11.1 Å². The lowest BCUT2D eigenvalue weighted by atomic mass is 10.1. The van der Waals surface area contributed by atoms with E-state index in [1.54, 1.807) is 18.2 Å². The van der Waals surface area contributed by atoms with E-state index in [9.17, 15) is 4.39 Å². The van der Waals surface area contributed by atoms with Crippen LogP contribution in [0.5, 0.6) is 0 Å². The molecule has 0 saturated heterocycles. The van der Waals surface area contributed by atoms with E-state index in [0.29, 0.717) is 21.0 Å². The third-order valence-corrected chi connectivity index (χ3v) is 2.54. The molecule has 2 nitrogen and oxygen atoms in total. The summed E-state index contributed by atoms with van der Waals surface area (Å²) in [5.41, 5.74) is 0.883. The van der Waals surface area contributed by atoms with Crippen LogP contribution in [-0.4, -0.2) is 9.97 Å². The summed E-state index contributed by atoms with van der Waals surface area (Å²) in [5.74, 6) is -0.581. The Morgan fingerprint density at radius 3 is 2.80 bits per heavy atom. The Balaban J connectivity index is 2.64. The fraction of sp³-hybridized carbons (Fsp3) is 0. The molecule has 0 aliphatic rings. The summed E-state index contributed by atoms with van der Waals surface area (Å²) in [5, 5.41) is 0.519. The average molecular weight is 241 g/mol. The zero-order chi connectivity index (χ0) is 10.8. The van der Waals surface area contributed by atoms with Crippen LogP contribution >= 0.6 is 24.2 Å². The number of hydrogen-bond acceptors (Lipinski definition) is 3. The number of rotatable bonds is 1. The van der Waals surface area contributed by atoms with Crippen LogP contribution < -0.4 is 0 Å². The summed E-state index contributed by atoms with van der Waals surface area (Å²) >= 11 is 10.0. The number of halogens is 2. The van der Waals surface area contributed by atoms with E-state index in [2.05, 4.69) is 22.6 Å². The Morgan fingerprint density at radius 2 is 2.07 bits per heavy atom. The van der Waals surface area contributed by atoms with Gasteiger partial charge in [-0.1, -0.05) is 11.6 Å². The quantitative estimate of drug-likeness (QED) is 0.612. The Bertz CT molecular complexity index is 505. The van der Waals surface area contributed by atoms with Gasteiger partial charge in [-0.15, -0.1) is 12.6 Å². The van der Waals surface area contributed by atoms with Crippen molar-refractivity contribution in [3.8, 4) is 11.1 Å². The zero-order valence-corrected chi connectivity index (χ0v) is 9.13. The third-order valence-electron chi connectivity index (χ3n) is 1.91. The molecule has 0 aliphatic carbocycles. The molecule has 0 saturated carbocycles. The molecule has 2 rings (SSSR count). The van der Waals surface area contributed by atoms with Gasteiger partial charge in [0.2, 0.25) is 5.95 Å². The van der Waals surface area contributed by atoms with Crippen molar-refractivity contribution in [1.82, 2.24) is 9.97 Å². The maximum atomic E-state index is 13.4. The summed E-state index contributed by atoms with van der Waals surface area (Å²) in [7, 11) is 0. The fourth-order valence-corrected chi connectivity index (χ4v) is 1.65. The lowest BCUT2D eigenvalue weighted by Gasteiger charge is -2.05. The van der Waals surface area contributed by atoms with Crippen molar-refractivity contribution in [2.24, 2.45) is 0 Å². The number of hydrogen-bond donors (Lipinski definition) is 1. The van der Waals surface area contributed by atoms with Crippen molar-refractivity contribution in [2.75, 3.05) is 0 Å². The molecule has 1 aromatic carbocycles. The Morgan fingerprint density at radius 1 is 1.27 bits per heavy atom. The van der Waals surface area contributed by atoms with Crippen molar-refractivity contribution < 1.29 is 4.39 Å². The highest BCUT2D eigenvalue weighted by molar-refractivity contribution is 7.80. The fourth-order valence-electron chi connectivity index (χ4n) is 1.22. The largest absolute Gasteiger partial charge is 0.244 e. The van der Waals surface area contributed by atoms with E-state index in [1.165, 1.54) is 6.20 Å². The molecule has 15 heavy (non-hydrogen) atoms. The van der Waals surface area contributed by atoms with Crippen LogP contribution in [-0.2, 0) is 0 Å². The van der Waals surface area contributed by atoms with E-state index in [-0.39, 0.29) is 0 Å². The van der Waals surface area contributed by atoms with E-state index in [1.807, 2.05) is 0 Å². The first-order valence-corrected chi connectivity index (χ1v) is 4.95. The van der Waals surface area contributed by atoms with Gasteiger partial charge >= 0.3 is 0 Å². The third kappa shape index (κ3) is 2.11. The van der Waals surface area contributed by atoms with Crippen molar-refractivity contribution >= 4 is 24.2 Å². The van der Waals surface area contributed by atoms with E-state index in [0.717, 1.165) is 6.33 Å². The smallest absolute Gasteiger partial charge is 0.223 e. The van der Waals surface area contributed by atoms with Crippen LogP contribution in [0.4, 0.5) is 4.39 Å². The van der Waals surface area contributed by atoms with Gasteiger partial charge in [-0.25, -0.2) is 9.97 Å². The topological polar surface area (TPSA) is 25.8 Å². The second-order valence-corrected chi connectivity index (χ2v) is 3.81. The summed E-state index contributed by atoms with van der Waals surface area (Å²) in [6.07, 6.45) is 2.55. The summed E-state index contributed by atoms with van der Waals surface area (Å²) in [6.45, 7) is 0. The predicted molar refractivity (Wildman–Crippen MR) is 59.7 cm³/mol. The minimum Gasteiger partial charge on any atom is -0.244 e. The van der Waals surface area contributed by atoms with Gasteiger partial charge in [0.05, 0.1) is 5.56 Å². The molecule has 0 unspecified atom stereocenters. The first-order valence-electron chi connectivity index (χ1n) is 4.13. The second-order valence-electron chi connectivity index (χ2n) is 2.89. The normalized spacial score (nSPS) is 10.3. The van der Waals surface area contributed by atoms with Gasteiger partial charge in [-0.2, -0.15) is 4.39 Å². The summed E-state index contributed by atoms with van der Waals surface area (Å²) in [4.78, 5) is 7.87. The molecular weight excluding hydrogens is 235 g/mol. The molecule has 0 amide bonds. The van der Waals surface area contributed by atoms with Gasteiger partial charge < -0.3 is 0 Å². The first kappa shape index (κ1) is 10.4. The highest BCUT2D eigenvalue weighted by Gasteiger charge is 2.09. The Hall–Kier alpha value is -1.13. The highest BCUT2D eigenvalue weighted by atomic mass is 35.5. The minimum absolute atomic E-state index is 0.296. The monoisotopic (exact) mass is 240 g/mol. The Kier molecular flexibility index (Phi) is 2.88. The van der Waals surface area contributed by atoms with Crippen molar-refractivity contribution in [3.05, 3.63) is 41.7 Å². The van der Waals surface area contributed by atoms with Crippen LogP contribution in [0, 0.1) is 5.95 Å². The zero-order valence-electron chi connectivity index (χ0n) is 7.48. The van der Waals surface area contributed by atoms with Gasteiger partial charge in [0, 0.05) is 21.7 Å². The molecule has 0 spiro atoms. The first-order chi connectivity index (χ1) is 7.18. The molecular formula is C10H6ClFN2S. The van der Waals surface area contributed by atoms with Gasteiger partial charge in [-0.05, 0) is 18.2 Å². The molecule has 0 aliphatic heterocycles. The standard InChI is InChI=1S/C10H6ClFN2S/c11-6-1-2-9(15)7(3-6)8-4-13-5-14-10(8)12/h1-5,15H. The minimum atomic E-state index is -0.581. The van der Waals surface area contributed by atoms with Crippen molar-refractivity contribution in [1.29, 1.82) is 0 Å². The van der Waals surface area contributed by atoms with Crippen molar-refractivity contribution in [3.63, 3.8) is 0 Å². The van der Waals surface area contributed by atoms with Gasteiger partial charge in [0.1, 0.15) is 6.33 Å². The number of thiol groups is 1. The molecule has 0 bridgehead atoms. The maximum Gasteiger partial charge on any atom is 0.223 e. The Labute approximate surface area is 96.6 Å². The number of aromatic nitrogens is 2. The SMILES string of the molecule is Fc1ncncc1-c1cc(Cl)ccc1S. The van der Waals surface area contributed by atoms with E-state index in [4.69, 9.17) is 11.6 Å². The molecule has 0 N–H and O–H groups in total. The van der Waals surface area contributed by atoms with Gasteiger partial charge in [0.15, 0.2) is 0 Å². The molecule has 0 atom stereocenters. The van der Waals surface area contributed by atoms with E-state index < -0.39 is 5.95 Å². The molecule has 76 valence electrons. The molecule has 2 aromatic rings. The maximum absolute atomic E-state index is 13.4. The molecule has 1 heterocycles. The lowest BCUT2D eigenvalue weighted by Crippen LogP contribution is -1.91. The molecule has 0 fully saturated rings. The summed E-state index contributed by atoms with van der Waals surface area (Å²) < 4.78 is 13.4. The second kappa shape index (κ2) is 4.16. The summed E-state index contributed by atoms with van der Waals surface area (Å²) in [6, 6.07) is 5.02. The van der Waals surface area contributed by atoms with Crippen LogP contribution in [0.2, 0.25) is 5.02 Å². The van der Waals surface area contributed by atoms with Crippen LogP contribution in [0.3, 0.4) is 0 Å². The molecule has 5 heteroatoms. The van der Waals surface area contributed by atoms with Gasteiger partial charge in [0.25, 0.3) is 0 Å². The van der Waals surface area contributed by atoms with Crippen molar-refractivity contribution in [2.45, 2.75) is 4.90 Å². The highest BCUT2D eigenvalue weighted by Crippen LogP contribution is 2.29. The van der Waals surface area contributed by atoms with Gasteiger partial charge in [-0.3, -0.25) is 0 Å². The molecule has 0 radical (unpaired) electrons. The predicted octanol–water partition coefficient (Wildman–Crippen LogP) is 3.22. The van der Waals surface area contributed by atoms with E-state index >= 15 is 0 Å². The number of benzene rings is 1. The van der Waals surface area contributed by atoms with Crippen LogP contribution in [0.1, 0.15) is 0 Å². The number of nitrogens with zero attached hydrogens (tertiary/aromatic N) is 2. The lowest BCUT2D eigenvalue weighted by molar-refractivity contribution is 0.583. The molecule has 1 aromatic heterocycles.